The standard InChI is InChI=1S/C13H15ClN4O2/c1-2-10(15)11-6-18(17-16-11)5-8-3-9(14)13-12(4-8)19-7-20-13/h3-4,6,10H,2,5,7,15H2,1H3. The van der Waals surface area contributed by atoms with Gasteiger partial charge in [-0.25, -0.2) is 4.68 Å². The van der Waals surface area contributed by atoms with Gasteiger partial charge in [0.2, 0.25) is 6.79 Å². The summed E-state index contributed by atoms with van der Waals surface area (Å²) in [7, 11) is 0. The fourth-order valence-electron chi connectivity index (χ4n) is 2.07. The lowest BCUT2D eigenvalue weighted by molar-refractivity contribution is 0.174. The third kappa shape index (κ3) is 2.44. The highest BCUT2D eigenvalue weighted by atomic mass is 35.5. The summed E-state index contributed by atoms with van der Waals surface area (Å²) in [6, 6.07) is 3.66. The number of nitrogens with two attached hydrogens (primary N) is 1. The zero-order valence-electron chi connectivity index (χ0n) is 11.0. The van der Waals surface area contributed by atoms with Crippen LogP contribution in [0.2, 0.25) is 5.02 Å². The van der Waals surface area contributed by atoms with Gasteiger partial charge in [0.05, 0.1) is 29.5 Å². The Morgan fingerprint density at radius 3 is 3.10 bits per heavy atom. The molecule has 106 valence electrons. The highest BCUT2D eigenvalue weighted by molar-refractivity contribution is 6.32. The van der Waals surface area contributed by atoms with Gasteiger partial charge >= 0.3 is 0 Å². The van der Waals surface area contributed by atoms with E-state index in [4.69, 9.17) is 26.8 Å². The third-order valence-electron chi connectivity index (χ3n) is 3.21. The Hall–Kier alpha value is -1.79. The highest BCUT2D eigenvalue weighted by Crippen LogP contribution is 2.39. The zero-order valence-corrected chi connectivity index (χ0v) is 11.8. The van der Waals surface area contributed by atoms with E-state index in [1.54, 1.807) is 4.68 Å². The first-order valence-corrected chi connectivity index (χ1v) is 6.78. The van der Waals surface area contributed by atoms with Crippen molar-refractivity contribution in [3.63, 3.8) is 0 Å². The maximum absolute atomic E-state index is 6.15. The SMILES string of the molecule is CCC(N)c1cn(Cc2cc(Cl)c3c(c2)OCO3)nn1. The van der Waals surface area contributed by atoms with Gasteiger partial charge in [0.15, 0.2) is 11.5 Å². The molecule has 1 atom stereocenters. The van der Waals surface area contributed by atoms with Gasteiger partial charge in [-0.05, 0) is 24.1 Å². The fraction of sp³-hybridized carbons (Fsp3) is 0.385. The molecule has 1 unspecified atom stereocenters. The van der Waals surface area contributed by atoms with Crippen LogP contribution in [0, 0.1) is 0 Å². The van der Waals surface area contributed by atoms with Crippen LogP contribution in [-0.4, -0.2) is 21.8 Å². The smallest absolute Gasteiger partial charge is 0.231 e. The van der Waals surface area contributed by atoms with Gasteiger partial charge in [-0.3, -0.25) is 0 Å². The van der Waals surface area contributed by atoms with Crippen molar-refractivity contribution in [1.29, 1.82) is 0 Å². The lowest BCUT2D eigenvalue weighted by Crippen LogP contribution is -2.08. The second kappa shape index (κ2) is 5.30. The van der Waals surface area contributed by atoms with Crippen LogP contribution < -0.4 is 15.2 Å². The van der Waals surface area contributed by atoms with Crippen molar-refractivity contribution in [2.45, 2.75) is 25.9 Å². The van der Waals surface area contributed by atoms with E-state index >= 15 is 0 Å². The quantitative estimate of drug-likeness (QED) is 0.935. The van der Waals surface area contributed by atoms with Crippen LogP contribution in [0.25, 0.3) is 0 Å². The predicted molar refractivity (Wildman–Crippen MR) is 73.9 cm³/mol. The summed E-state index contributed by atoms with van der Waals surface area (Å²) in [6.45, 7) is 2.78. The maximum atomic E-state index is 6.15. The summed E-state index contributed by atoms with van der Waals surface area (Å²) >= 11 is 6.15. The van der Waals surface area contributed by atoms with Gasteiger partial charge in [0, 0.05) is 0 Å². The van der Waals surface area contributed by atoms with Crippen molar-refractivity contribution in [1.82, 2.24) is 15.0 Å². The first-order chi connectivity index (χ1) is 9.67. The van der Waals surface area contributed by atoms with E-state index in [9.17, 15) is 0 Å². The maximum Gasteiger partial charge on any atom is 0.231 e. The van der Waals surface area contributed by atoms with Gasteiger partial charge in [-0.2, -0.15) is 0 Å². The predicted octanol–water partition coefficient (Wildman–Crippen LogP) is 2.12. The Morgan fingerprint density at radius 2 is 2.30 bits per heavy atom. The summed E-state index contributed by atoms with van der Waals surface area (Å²) in [5.74, 6) is 1.26. The number of halogens is 1. The monoisotopic (exact) mass is 294 g/mol. The second-order valence-corrected chi connectivity index (χ2v) is 5.07. The lowest BCUT2D eigenvalue weighted by Gasteiger charge is -2.05. The van der Waals surface area contributed by atoms with Crippen molar-refractivity contribution in [2.75, 3.05) is 6.79 Å². The molecule has 0 saturated heterocycles. The zero-order chi connectivity index (χ0) is 14.1. The van der Waals surface area contributed by atoms with Crippen LogP contribution in [0.3, 0.4) is 0 Å². The Bertz CT molecular complexity index is 629. The van der Waals surface area contributed by atoms with Crippen molar-refractivity contribution < 1.29 is 9.47 Å². The molecule has 2 aromatic rings. The topological polar surface area (TPSA) is 75.2 Å². The average molecular weight is 295 g/mol. The van der Waals surface area contributed by atoms with E-state index in [0.29, 0.717) is 23.1 Å². The molecular formula is C13H15ClN4O2. The molecule has 1 aliphatic heterocycles. The van der Waals surface area contributed by atoms with Crippen molar-refractivity contribution in [3.05, 3.63) is 34.6 Å². The largest absolute Gasteiger partial charge is 0.454 e. The molecule has 7 heteroatoms. The molecule has 20 heavy (non-hydrogen) atoms. The molecule has 0 spiro atoms. The van der Waals surface area contributed by atoms with Crippen LogP contribution in [0.15, 0.2) is 18.3 Å². The molecule has 1 aliphatic rings. The summed E-state index contributed by atoms with van der Waals surface area (Å²) < 4.78 is 12.4. The summed E-state index contributed by atoms with van der Waals surface area (Å²) in [6.07, 6.45) is 2.68. The molecular weight excluding hydrogens is 280 g/mol. The number of hydrogen-bond acceptors (Lipinski definition) is 5. The highest BCUT2D eigenvalue weighted by Gasteiger charge is 2.18. The minimum Gasteiger partial charge on any atom is -0.454 e. The van der Waals surface area contributed by atoms with Crippen LogP contribution >= 0.6 is 11.6 Å². The van der Waals surface area contributed by atoms with Gasteiger partial charge in [-0.1, -0.05) is 23.7 Å². The molecule has 0 saturated carbocycles. The summed E-state index contributed by atoms with van der Waals surface area (Å²) in [4.78, 5) is 0. The van der Waals surface area contributed by atoms with E-state index < -0.39 is 0 Å². The Morgan fingerprint density at radius 1 is 1.45 bits per heavy atom. The number of hydrogen-bond donors (Lipinski definition) is 1. The van der Waals surface area contributed by atoms with E-state index in [-0.39, 0.29) is 12.8 Å². The normalized spacial score (nSPS) is 14.6. The molecule has 1 aromatic carbocycles. The number of benzene rings is 1. The summed E-state index contributed by atoms with van der Waals surface area (Å²) in [5.41, 5.74) is 7.69. The molecule has 0 fully saturated rings. The number of fused-ring (bicyclic) bond motifs is 1. The van der Waals surface area contributed by atoms with Crippen molar-refractivity contribution in [3.8, 4) is 11.5 Å². The van der Waals surface area contributed by atoms with E-state index in [1.165, 1.54) is 0 Å². The average Bonchev–Trinajstić information content (AvgIpc) is 3.07. The molecule has 2 N–H and O–H groups in total. The van der Waals surface area contributed by atoms with E-state index in [1.807, 2.05) is 25.3 Å². The Balaban J connectivity index is 1.81. The molecule has 1 aromatic heterocycles. The molecule has 0 bridgehead atoms. The van der Waals surface area contributed by atoms with Crippen LogP contribution in [-0.2, 0) is 6.54 Å². The number of nitrogens with zero attached hydrogens (tertiary/aromatic N) is 3. The molecule has 0 aliphatic carbocycles. The van der Waals surface area contributed by atoms with E-state index in [0.717, 1.165) is 17.7 Å². The van der Waals surface area contributed by atoms with Gasteiger partial charge < -0.3 is 15.2 Å². The number of ether oxygens (including phenoxy) is 2. The minimum atomic E-state index is -0.0795. The fourth-order valence-corrected chi connectivity index (χ4v) is 2.36. The first-order valence-electron chi connectivity index (χ1n) is 6.41. The van der Waals surface area contributed by atoms with Crippen LogP contribution in [0.5, 0.6) is 11.5 Å². The van der Waals surface area contributed by atoms with Crippen molar-refractivity contribution >= 4 is 11.6 Å². The molecule has 0 radical (unpaired) electrons. The van der Waals surface area contributed by atoms with Crippen molar-refractivity contribution in [2.24, 2.45) is 5.73 Å². The summed E-state index contributed by atoms with van der Waals surface area (Å²) in [5, 5.41) is 8.69. The Kier molecular flexibility index (Phi) is 3.50. The number of rotatable bonds is 4. The molecule has 0 amide bonds. The van der Waals surface area contributed by atoms with Gasteiger partial charge in [0.25, 0.3) is 0 Å². The van der Waals surface area contributed by atoms with Crippen LogP contribution in [0.4, 0.5) is 0 Å². The number of aromatic nitrogens is 3. The van der Waals surface area contributed by atoms with E-state index in [2.05, 4.69) is 10.3 Å². The minimum absolute atomic E-state index is 0.0795. The van der Waals surface area contributed by atoms with Gasteiger partial charge in [-0.15, -0.1) is 5.10 Å². The Labute approximate surface area is 121 Å². The first kappa shape index (κ1) is 13.2. The van der Waals surface area contributed by atoms with Crippen LogP contribution in [0.1, 0.15) is 30.6 Å². The second-order valence-electron chi connectivity index (χ2n) is 4.67. The third-order valence-corrected chi connectivity index (χ3v) is 3.49. The molecule has 2 heterocycles. The molecule has 3 rings (SSSR count). The van der Waals surface area contributed by atoms with Gasteiger partial charge in [0.1, 0.15) is 0 Å². The lowest BCUT2D eigenvalue weighted by atomic mass is 10.2. The molecule has 6 nitrogen and oxygen atoms in total.